The Morgan fingerprint density at radius 3 is 1.79 bits per heavy atom. The molecule has 1 aliphatic rings. The summed E-state index contributed by atoms with van der Waals surface area (Å²) in [6.45, 7) is 3.67. The first kappa shape index (κ1) is 31.5. The Morgan fingerprint density at radius 2 is 1.19 bits per heavy atom. The lowest BCUT2D eigenvalue weighted by molar-refractivity contribution is -0.137. The lowest BCUT2D eigenvalue weighted by Gasteiger charge is -2.33. The van der Waals surface area contributed by atoms with E-state index in [1.807, 2.05) is 54.6 Å². The van der Waals surface area contributed by atoms with E-state index in [9.17, 15) is 4.79 Å². The Labute approximate surface area is 279 Å². The summed E-state index contributed by atoms with van der Waals surface area (Å²) < 4.78 is 37.0. The van der Waals surface area contributed by atoms with Gasteiger partial charge in [-0.1, -0.05) is 86.1 Å². The van der Waals surface area contributed by atoms with Crippen LogP contribution in [0.2, 0.25) is 0 Å². The van der Waals surface area contributed by atoms with Crippen molar-refractivity contribution in [3.8, 4) is 23.0 Å². The summed E-state index contributed by atoms with van der Waals surface area (Å²) in [4.78, 5) is 13.6. The molecule has 0 bridgehead atoms. The molecule has 8 heteroatoms. The molecule has 8 nitrogen and oxygen atoms in total. The van der Waals surface area contributed by atoms with Gasteiger partial charge in [-0.15, -0.1) is 0 Å². The number of para-hydroxylation sites is 4. The van der Waals surface area contributed by atoms with Crippen LogP contribution in [0.25, 0.3) is 32.3 Å². The molecule has 0 aromatic heterocycles. The van der Waals surface area contributed by atoms with Gasteiger partial charge in [-0.2, -0.15) is 0 Å². The summed E-state index contributed by atoms with van der Waals surface area (Å²) in [5.41, 5.74) is -0.222. The highest BCUT2D eigenvalue weighted by Crippen LogP contribution is 2.38. The van der Waals surface area contributed by atoms with Crippen molar-refractivity contribution < 1.29 is 33.2 Å². The lowest BCUT2D eigenvalue weighted by atomic mass is 9.93. The van der Waals surface area contributed by atoms with Gasteiger partial charge < -0.3 is 33.7 Å². The van der Waals surface area contributed by atoms with Crippen LogP contribution in [0.3, 0.4) is 0 Å². The molecule has 6 aromatic carbocycles. The molecule has 0 aliphatic carbocycles. The quantitative estimate of drug-likeness (QED) is 0.184. The van der Waals surface area contributed by atoms with Crippen LogP contribution in [0, 0.1) is 0 Å². The summed E-state index contributed by atoms with van der Waals surface area (Å²) in [6.07, 6.45) is 1.36. The van der Waals surface area contributed by atoms with Gasteiger partial charge in [-0.3, -0.25) is 4.79 Å². The summed E-state index contributed by atoms with van der Waals surface area (Å²) >= 11 is 0. The highest BCUT2D eigenvalue weighted by molar-refractivity contribution is 6.25. The second-order valence-electron chi connectivity index (χ2n) is 12.0. The van der Waals surface area contributed by atoms with Crippen molar-refractivity contribution in [3.05, 3.63) is 103 Å². The molecule has 1 amide bonds. The maximum Gasteiger partial charge on any atom is 0.250 e. The second kappa shape index (κ2) is 14.4. The molecular formula is C40H39NO7. The highest BCUT2D eigenvalue weighted by Gasteiger charge is 2.35. The number of fused-ring (bicyclic) bond motifs is 2. The molecule has 7 rings (SSSR count). The zero-order valence-electron chi connectivity index (χ0n) is 27.0. The van der Waals surface area contributed by atoms with Gasteiger partial charge in [0.15, 0.2) is 23.0 Å². The van der Waals surface area contributed by atoms with Crippen molar-refractivity contribution in [1.29, 1.82) is 0 Å². The molecule has 0 unspecified atom stereocenters. The van der Waals surface area contributed by atoms with E-state index >= 15 is 0 Å². The van der Waals surface area contributed by atoms with Gasteiger partial charge in [0.25, 0.3) is 0 Å². The smallest absolute Gasteiger partial charge is 0.250 e. The van der Waals surface area contributed by atoms with Crippen molar-refractivity contribution >= 4 is 43.9 Å². The van der Waals surface area contributed by atoms with E-state index < -0.39 is 5.60 Å². The van der Waals surface area contributed by atoms with Crippen molar-refractivity contribution in [3.63, 3.8) is 0 Å². The monoisotopic (exact) mass is 645 g/mol. The number of nitrogens with one attached hydrogen (secondary N) is 1. The number of anilines is 1. The first-order chi connectivity index (χ1) is 23.6. The van der Waals surface area contributed by atoms with E-state index in [-0.39, 0.29) is 25.7 Å². The van der Waals surface area contributed by atoms with Crippen molar-refractivity contribution in [1.82, 2.24) is 0 Å². The van der Waals surface area contributed by atoms with E-state index in [0.29, 0.717) is 55.8 Å². The summed E-state index contributed by atoms with van der Waals surface area (Å²) in [6, 6.07) is 33.8. The Morgan fingerprint density at radius 1 is 0.646 bits per heavy atom. The fourth-order valence-electron chi connectivity index (χ4n) is 6.37. The van der Waals surface area contributed by atoms with E-state index in [0.717, 1.165) is 28.3 Å². The van der Waals surface area contributed by atoms with Gasteiger partial charge in [0, 0.05) is 11.1 Å². The topological polar surface area (TPSA) is 84.5 Å². The predicted octanol–water partition coefficient (Wildman–Crippen LogP) is 8.02. The average Bonchev–Trinajstić information content (AvgIpc) is 3.12. The minimum Gasteiger partial charge on any atom is -0.487 e. The average molecular weight is 646 g/mol. The molecule has 48 heavy (non-hydrogen) atoms. The number of benzene rings is 6. The van der Waals surface area contributed by atoms with E-state index in [4.69, 9.17) is 28.4 Å². The molecule has 1 aliphatic heterocycles. The van der Waals surface area contributed by atoms with Crippen LogP contribution in [0.5, 0.6) is 23.0 Å². The lowest BCUT2D eigenvalue weighted by Crippen LogP contribution is -2.46. The second-order valence-corrected chi connectivity index (χ2v) is 12.0. The zero-order chi connectivity index (χ0) is 32.8. The van der Waals surface area contributed by atoms with Gasteiger partial charge in [-0.05, 0) is 63.7 Å². The molecule has 1 heterocycles. The molecular weight excluding hydrogens is 606 g/mol. The van der Waals surface area contributed by atoms with Crippen LogP contribution >= 0.6 is 0 Å². The van der Waals surface area contributed by atoms with Crippen LogP contribution in [0.4, 0.5) is 5.69 Å². The summed E-state index contributed by atoms with van der Waals surface area (Å²) in [7, 11) is 0. The number of carbonyl (C=O) groups excluding carboxylic acids is 1. The van der Waals surface area contributed by atoms with Gasteiger partial charge in [-0.25, -0.2) is 0 Å². The minimum absolute atomic E-state index is 0.132. The van der Waals surface area contributed by atoms with Crippen LogP contribution in [0.1, 0.15) is 19.8 Å². The Balaban J connectivity index is 1.15. The number of rotatable bonds is 6. The fourth-order valence-corrected chi connectivity index (χ4v) is 6.37. The van der Waals surface area contributed by atoms with Gasteiger partial charge in [0.05, 0.1) is 13.2 Å². The normalized spacial score (nSPS) is 15.4. The Kier molecular flexibility index (Phi) is 9.45. The van der Waals surface area contributed by atoms with Crippen molar-refractivity contribution in [2.75, 3.05) is 51.6 Å². The van der Waals surface area contributed by atoms with Crippen LogP contribution in [-0.2, 0) is 14.3 Å². The molecule has 0 radical (unpaired) electrons. The standard InChI is InChI=1S/C40H39NO7/c1-2-20-40(48-25-37(42)41-32-19-17-30-15-14-28-8-7-9-29-16-18-31(32)39(30)38(28)29)26-46-35-12-5-3-10-33(35)44-23-21-43-22-24-45-34-11-4-6-13-36(34)47-27-40/h3-19H,2,20-27H2,1H3,(H,41,42). The molecule has 0 spiro atoms. The number of hydrogen-bond donors (Lipinski definition) is 1. The third-order valence-electron chi connectivity index (χ3n) is 8.67. The molecule has 0 atom stereocenters. The Hall–Kier alpha value is -5.05. The van der Waals surface area contributed by atoms with E-state index in [1.165, 1.54) is 16.2 Å². The van der Waals surface area contributed by atoms with Crippen LogP contribution < -0.4 is 24.3 Å². The maximum atomic E-state index is 13.6. The first-order valence-corrected chi connectivity index (χ1v) is 16.5. The Bertz CT molecular complexity index is 1940. The number of carbonyl (C=O) groups is 1. The summed E-state index contributed by atoms with van der Waals surface area (Å²) in [5.74, 6) is 2.10. The molecule has 0 fully saturated rings. The molecule has 0 saturated carbocycles. The third-order valence-corrected chi connectivity index (χ3v) is 8.67. The maximum absolute atomic E-state index is 13.6. The van der Waals surface area contributed by atoms with E-state index in [1.54, 1.807) is 0 Å². The number of ether oxygens (including phenoxy) is 6. The highest BCUT2D eigenvalue weighted by atomic mass is 16.6. The van der Waals surface area contributed by atoms with Gasteiger partial charge in [0.1, 0.15) is 38.6 Å². The predicted molar refractivity (Wildman–Crippen MR) is 188 cm³/mol. The molecule has 1 N–H and O–H groups in total. The third kappa shape index (κ3) is 6.81. The molecule has 246 valence electrons. The van der Waals surface area contributed by atoms with Crippen molar-refractivity contribution in [2.24, 2.45) is 0 Å². The molecule has 0 saturated heterocycles. The fraction of sp³-hybridized carbons (Fsp3) is 0.275. The van der Waals surface area contributed by atoms with Crippen LogP contribution in [-0.4, -0.2) is 57.8 Å². The van der Waals surface area contributed by atoms with Gasteiger partial charge >= 0.3 is 0 Å². The SMILES string of the molecule is CCCC1(OCC(=O)Nc2ccc3ccc4cccc5ccc2c3c45)COc2ccccc2OCCOCCOc2ccccc2OC1. The van der Waals surface area contributed by atoms with Crippen LogP contribution in [0.15, 0.2) is 103 Å². The first-order valence-electron chi connectivity index (χ1n) is 16.5. The number of hydrogen-bond acceptors (Lipinski definition) is 7. The number of amides is 1. The molecule has 6 aromatic rings. The summed E-state index contributed by atoms with van der Waals surface area (Å²) in [5, 5.41) is 9.93. The zero-order valence-corrected chi connectivity index (χ0v) is 27.0. The largest absolute Gasteiger partial charge is 0.487 e. The van der Waals surface area contributed by atoms with Crippen molar-refractivity contribution in [2.45, 2.75) is 25.4 Å². The minimum atomic E-state index is -0.963. The van der Waals surface area contributed by atoms with E-state index in [2.05, 4.69) is 60.8 Å². The van der Waals surface area contributed by atoms with Gasteiger partial charge in [0.2, 0.25) is 5.91 Å².